The molecule has 2 bridgehead atoms. The molecule has 0 radical (unpaired) electrons. The lowest BCUT2D eigenvalue weighted by molar-refractivity contribution is 0.0969. The van der Waals surface area contributed by atoms with E-state index in [4.69, 9.17) is 4.74 Å². The summed E-state index contributed by atoms with van der Waals surface area (Å²) < 4.78 is 5.81. The smallest absolute Gasteiger partial charge is 0.0733 e. The largest absolute Gasteiger partial charge is 0.373 e. The molecule has 1 N–H and O–H groups in total. The van der Waals surface area contributed by atoms with Crippen LogP contribution >= 0.6 is 0 Å². The highest BCUT2D eigenvalue weighted by Gasteiger charge is 2.43. The second-order valence-electron chi connectivity index (χ2n) is 5.41. The number of fused-ring (bicyclic) bond motifs is 2. The summed E-state index contributed by atoms with van der Waals surface area (Å²) in [6.45, 7) is 3.60. The van der Waals surface area contributed by atoms with Crippen LogP contribution in [0.3, 0.4) is 0 Å². The van der Waals surface area contributed by atoms with E-state index in [1.54, 1.807) is 0 Å². The topological polar surface area (TPSA) is 21.3 Å². The fourth-order valence-electron chi connectivity index (χ4n) is 2.62. The first-order valence-corrected chi connectivity index (χ1v) is 5.64. The van der Waals surface area contributed by atoms with Gasteiger partial charge < -0.3 is 10.1 Å². The van der Waals surface area contributed by atoms with Gasteiger partial charge in [-0.05, 0) is 37.5 Å². The number of nitrogens with one attached hydrogen (secondary N) is 1. The molecule has 2 nitrogen and oxygen atoms in total. The van der Waals surface area contributed by atoms with Crippen molar-refractivity contribution in [2.75, 3.05) is 6.54 Å². The van der Waals surface area contributed by atoms with Crippen LogP contribution in [0, 0.1) is 5.41 Å². The summed E-state index contributed by atoms with van der Waals surface area (Å²) in [6.07, 6.45) is 7.84. The molecule has 0 spiro atoms. The summed E-state index contributed by atoms with van der Waals surface area (Å²) in [4.78, 5) is 0. The fraction of sp³-hybridized carbons (Fsp3) is 1.00. The molecule has 0 amide bonds. The Bertz CT molecular complexity index is 212. The standard InChI is InChI=1S/C11H19NO/c1-11(4-5-11)7-12-9-6-8-2-3-10(9)13-8/h8-10,12H,2-7H2,1H3. The first kappa shape index (κ1) is 8.25. The first-order chi connectivity index (χ1) is 6.25. The van der Waals surface area contributed by atoms with Crippen LogP contribution in [-0.2, 0) is 4.74 Å². The summed E-state index contributed by atoms with van der Waals surface area (Å²) >= 11 is 0. The highest BCUT2D eigenvalue weighted by Crippen LogP contribution is 2.44. The van der Waals surface area contributed by atoms with Gasteiger partial charge in [0.25, 0.3) is 0 Å². The normalized spacial score (nSPS) is 45.5. The van der Waals surface area contributed by atoms with E-state index >= 15 is 0 Å². The van der Waals surface area contributed by atoms with Crippen LogP contribution in [0.2, 0.25) is 0 Å². The van der Waals surface area contributed by atoms with Crippen molar-refractivity contribution in [3.8, 4) is 0 Å². The van der Waals surface area contributed by atoms with E-state index in [9.17, 15) is 0 Å². The van der Waals surface area contributed by atoms with Crippen molar-refractivity contribution >= 4 is 0 Å². The Labute approximate surface area is 80.0 Å². The van der Waals surface area contributed by atoms with Crippen LogP contribution in [0.15, 0.2) is 0 Å². The molecule has 2 saturated heterocycles. The lowest BCUT2D eigenvalue weighted by Crippen LogP contribution is -2.40. The molecule has 0 aromatic rings. The Morgan fingerprint density at radius 3 is 2.77 bits per heavy atom. The van der Waals surface area contributed by atoms with Crippen LogP contribution in [0.5, 0.6) is 0 Å². The summed E-state index contributed by atoms with van der Waals surface area (Å²) in [5.74, 6) is 0. The zero-order chi connectivity index (χ0) is 8.89. The van der Waals surface area contributed by atoms with Gasteiger partial charge in [-0.3, -0.25) is 0 Å². The molecule has 2 heteroatoms. The lowest BCUT2D eigenvalue weighted by Gasteiger charge is -2.22. The molecule has 74 valence electrons. The number of rotatable bonds is 3. The summed E-state index contributed by atoms with van der Waals surface area (Å²) in [6, 6.07) is 0.677. The van der Waals surface area contributed by atoms with Gasteiger partial charge in [0.05, 0.1) is 12.2 Å². The van der Waals surface area contributed by atoms with Crippen molar-refractivity contribution in [2.45, 2.75) is 57.3 Å². The van der Waals surface area contributed by atoms with Crippen LogP contribution in [0.4, 0.5) is 0 Å². The maximum absolute atomic E-state index is 5.81. The Kier molecular flexibility index (Phi) is 1.72. The van der Waals surface area contributed by atoms with Crippen LogP contribution in [0.25, 0.3) is 0 Å². The summed E-state index contributed by atoms with van der Waals surface area (Å²) in [7, 11) is 0. The first-order valence-electron chi connectivity index (χ1n) is 5.64. The van der Waals surface area contributed by atoms with E-state index in [0.717, 1.165) is 0 Å². The maximum atomic E-state index is 5.81. The quantitative estimate of drug-likeness (QED) is 0.715. The minimum Gasteiger partial charge on any atom is -0.373 e. The molecule has 0 aromatic carbocycles. The van der Waals surface area contributed by atoms with Gasteiger partial charge in [0, 0.05) is 12.6 Å². The molecule has 2 aliphatic heterocycles. The molecule has 2 heterocycles. The number of hydrogen-bond acceptors (Lipinski definition) is 2. The molecule has 1 saturated carbocycles. The Hall–Kier alpha value is -0.0800. The average Bonchev–Trinajstić information content (AvgIpc) is 2.63. The van der Waals surface area contributed by atoms with Gasteiger partial charge in [-0.25, -0.2) is 0 Å². The van der Waals surface area contributed by atoms with Crippen molar-refractivity contribution in [1.29, 1.82) is 0 Å². The van der Waals surface area contributed by atoms with E-state index in [2.05, 4.69) is 12.2 Å². The zero-order valence-electron chi connectivity index (χ0n) is 8.38. The maximum Gasteiger partial charge on any atom is 0.0733 e. The Balaban J connectivity index is 1.51. The molecular weight excluding hydrogens is 162 g/mol. The van der Waals surface area contributed by atoms with Crippen LogP contribution in [-0.4, -0.2) is 24.8 Å². The molecule has 3 unspecified atom stereocenters. The second kappa shape index (κ2) is 2.71. The predicted octanol–water partition coefficient (Wildman–Crippen LogP) is 1.70. The number of hydrogen-bond donors (Lipinski definition) is 1. The van der Waals surface area contributed by atoms with Gasteiger partial charge in [-0.2, -0.15) is 0 Å². The third-order valence-electron chi connectivity index (χ3n) is 4.00. The minimum absolute atomic E-state index is 0.548. The third kappa shape index (κ3) is 1.50. The highest BCUT2D eigenvalue weighted by atomic mass is 16.5. The van der Waals surface area contributed by atoms with E-state index in [0.29, 0.717) is 23.7 Å². The minimum atomic E-state index is 0.548. The van der Waals surface area contributed by atoms with Gasteiger partial charge in [-0.15, -0.1) is 0 Å². The molecule has 3 fully saturated rings. The van der Waals surface area contributed by atoms with Crippen molar-refractivity contribution in [2.24, 2.45) is 5.41 Å². The van der Waals surface area contributed by atoms with Crippen molar-refractivity contribution < 1.29 is 4.74 Å². The van der Waals surface area contributed by atoms with E-state index in [-0.39, 0.29) is 0 Å². The molecule has 0 aromatic heterocycles. The molecule has 3 atom stereocenters. The van der Waals surface area contributed by atoms with Crippen LogP contribution in [0.1, 0.15) is 39.0 Å². The zero-order valence-corrected chi connectivity index (χ0v) is 8.38. The predicted molar refractivity (Wildman–Crippen MR) is 51.6 cm³/mol. The van der Waals surface area contributed by atoms with E-state index in [1.165, 1.54) is 38.6 Å². The van der Waals surface area contributed by atoms with Crippen molar-refractivity contribution in [1.82, 2.24) is 5.32 Å². The van der Waals surface area contributed by atoms with Crippen molar-refractivity contribution in [3.63, 3.8) is 0 Å². The molecule has 3 rings (SSSR count). The van der Waals surface area contributed by atoms with Gasteiger partial charge in [0.15, 0.2) is 0 Å². The van der Waals surface area contributed by atoms with Gasteiger partial charge in [0.1, 0.15) is 0 Å². The Morgan fingerprint density at radius 1 is 1.38 bits per heavy atom. The van der Waals surface area contributed by atoms with Gasteiger partial charge >= 0.3 is 0 Å². The average molecular weight is 181 g/mol. The van der Waals surface area contributed by atoms with Gasteiger partial charge in [-0.1, -0.05) is 6.92 Å². The fourth-order valence-corrected chi connectivity index (χ4v) is 2.62. The monoisotopic (exact) mass is 181 g/mol. The summed E-state index contributed by atoms with van der Waals surface area (Å²) in [5, 5.41) is 3.69. The van der Waals surface area contributed by atoms with Crippen LogP contribution < -0.4 is 5.32 Å². The molecule has 13 heavy (non-hydrogen) atoms. The molecule has 1 aliphatic carbocycles. The van der Waals surface area contributed by atoms with Gasteiger partial charge in [0.2, 0.25) is 0 Å². The highest BCUT2D eigenvalue weighted by molar-refractivity contribution is 4.97. The molecular formula is C11H19NO. The third-order valence-corrected chi connectivity index (χ3v) is 4.00. The number of ether oxygens (including phenoxy) is 1. The second-order valence-corrected chi connectivity index (χ2v) is 5.41. The van der Waals surface area contributed by atoms with E-state index in [1.807, 2.05) is 0 Å². The Morgan fingerprint density at radius 2 is 2.23 bits per heavy atom. The lowest BCUT2D eigenvalue weighted by atomic mass is 9.95. The summed E-state index contributed by atoms with van der Waals surface area (Å²) in [5.41, 5.74) is 0.641. The SMILES string of the molecule is CC1(CNC2CC3CCC2O3)CC1. The van der Waals surface area contributed by atoms with E-state index < -0.39 is 0 Å². The molecule has 3 aliphatic rings. The van der Waals surface area contributed by atoms with Crippen molar-refractivity contribution in [3.05, 3.63) is 0 Å².